The smallest absolute Gasteiger partial charge is 0.351 e. The van der Waals surface area contributed by atoms with Gasteiger partial charge >= 0.3 is 5.97 Å². The molecule has 0 spiro atoms. The van der Waals surface area contributed by atoms with Crippen molar-refractivity contribution < 1.29 is 19.1 Å². The summed E-state index contributed by atoms with van der Waals surface area (Å²) in [6.45, 7) is 8.29. The van der Waals surface area contributed by atoms with E-state index in [0.717, 1.165) is 37.0 Å². The molecule has 1 saturated heterocycles. The summed E-state index contributed by atoms with van der Waals surface area (Å²) in [6, 6.07) is 7.60. The number of hydrogen-bond donors (Lipinski definition) is 1. The number of morpholine rings is 1. The van der Waals surface area contributed by atoms with Crippen LogP contribution in [0.15, 0.2) is 24.3 Å². The van der Waals surface area contributed by atoms with Gasteiger partial charge in [0.05, 0.1) is 23.9 Å². The molecule has 3 rings (SSSR count). The highest BCUT2D eigenvalue weighted by Gasteiger charge is 2.22. The minimum Gasteiger partial charge on any atom is -0.448 e. The molecule has 1 aliphatic heterocycles. The maximum atomic E-state index is 12.3. The maximum absolute atomic E-state index is 12.3. The number of aryl methyl sites for hydroxylation is 2. The first-order chi connectivity index (χ1) is 12.9. The van der Waals surface area contributed by atoms with Crippen LogP contribution in [0.3, 0.4) is 0 Å². The summed E-state index contributed by atoms with van der Waals surface area (Å²) in [5.74, 6) is -0.898. The van der Waals surface area contributed by atoms with Gasteiger partial charge in [-0.1, -0.05) is 0 Å². The second-order valence-electron chi connectivity index (χ2n) is 6.33. The highest BCUT2D eigenvalue weighted by Crippen LogP contribution is 2.21. The third kappa shape index (κ3) is 4.84. The van der Waals surface area contributed by atoms with Crippen molar-refractivity contribution in [1.29, 1.82) is 0 Å². The van der Waals surface area contributed by atoms with E-state index >= 15 is 0 Å². The summed E-state index contributed by atoms with van der Waals surface area (Å²) in [7, 11) is 0. The lowest BCUT2D eigenvalue weighted by Crippen LogP contribution is -2.36. The van der Waals surface area contributed by atoms with Crippen molar-refractivity contribution in [3.05, 3.63) is 39.8 Å². The summed E-state index contributed by atoms with van der Waals surface area (Å²) in [6.07, 6.45) is -0.904. The second kappa shape index (κ2) is 8.49. The van der Waals surface area contributed by atoms with Crippen molar-refractivity contribution in [2.45, 2.75) is 26.9 Å². The molecule has 0 unspecified atom stereocenters. The number of carbonyl (C=O) groups is 2. The van der Waals surface area contributed by atoms with Gasteiger partial charge in [-0.15, -0.1) is 11.3 Å². The Morgan fingerprint density at radius 2 is 1.89 bits per heavy atom. The van der Waals surface area contributed by atoms with Crippen molar-refractivity contribution in [2.75, 3.05) is 36.5 Å². The van der Waals surface area contributed by atoms with Crippen LogP contribution in [0.5, 0.6) is 0 Å². The maximum Gasteiger partial charge on any atom is 0.351 e. The quantitative estimate of drug-likeness (QED) is 0.792. The number of hydrogen-bond acceptors (Lipinski definition) is 7. The summed E-state index contributed by atoms with van der Waals surface area (Å²) < 4.78 is 10.6. The Labute approximate surface area is 162 Å². The van der Waals surface area contributed by atoms with E-state index in [0.29, 0.717) is 16.3 Å². The van der Waals surface area contributed by atoms with E-state index < -0.39 is 12.1 Å². The van der Waals surface area contributed by atoms with Crippen LogP contribution in [-0.2, 0) is 14.3 Å². The van der Waals surface area contributed by atoms with Gasteiger partial charge in [0.15, 0.2) is 6.10 Å². The van der Waals surface area contributed by atoms with E-state index in [1.165, 1.54) is 11.3 Å². The van der Waals surface area contributed by atoms with Crippen molar-refractivity contribution in [1.82, 2.24) is 4.98 Å². The van der Waals surface area contributed by atoms with Gasteiger partial charge in [0.1, 0.15) is 4.88 Å². The average Bonchev–Trinajstić information content (AvgIpc) is 3.01. The van der Waals surface area contributed by atoms with Gasteiger partial charge in [-0.25, -0.2) is 9.78 Å². The fraction of sp³-hybridized carbons (Fsp3) is 0.421. The molecule has 1 N–H and O–H groups in total. The number of benzene rings is 1. The van der Waals surface area contributed by atoms with Crippen LogP contribution in [0.1, 0.15) is 27.3 Å². The largest absolute Gasteiger partial charge is 0.448 e. The van der Waals surface area contributed by atoms with Crippen LogP contribution < -0.4 is 10.2 Å². The molecule has 1 aromatic carbocycles. The van der Waals surface area contributed by atoms with E-state index in [1.807, 2.05) is 31.2 Å². The third-order valence-corrected chi connectivity index (χ3v) is 5.31. The van der Waals surface area contributed by atoms with Crippen molar-refractivity contribution in [3.63, 3.8) is 0 Å². The molecule has 1 fully saturated rings. The number of carbonyl (C=O) groups excluding carboxylic acids is 2. The van der Waals surface area contributed by atoms with Crippen LogP contribution in [-0.4, -0.2) is 49.3 Å². The molecule has 7 nitrogen and oxygen atoms in total. The minimum absolute atomic E-state index is 0.374. The van der Waals surface area contributed by atoms with Gasteiger partial charge in [-0.3, -0.25) is 4.79 Å². The lowest BCUT2D eigenvalue weighted by molar-refractivity contribution is -0.123. The van der Waals surface area contributed by atoms with Crippen LogP contribution in [0, 0.1) is 13.8 Å². The van der Waals surface area contributed by atoms with Crippen molar-refractivity contribution in [3.8, 4) is 0 Å². The fourth-order valence-corrected chi connectivity index (χ4v) is 3.61. The standard InChI is InChI=1S/C19H23N3O4S/c1-12-17(27-14(3)20-12)19(24)26-13(2)18(23)21-15-4-6-16(7-5-15)22-8-10-25-11-9-22/h4-7,13H,8-11H2,1-3H3,(H,21,23)/t13-/m0/s1. The number of aromatic nitrogens is 1. The Bertz CT molecular complexity index is 813. The summed E-state index contributed by atoms with van der Waals surface area (Å²) in [5, 5.41) is 3.57. The first-order valence-corrected chi connectivity index (χ1v) is 9.64. The predicted octanol–water partition coefficient (Wildman–Crippen LogP) is 2.78. The summed E-state index contributed by atoms with van der Waals surface area (Å²) in [5.41, 5.74) is 2.37. The van der Waals surface area contributed by atoms with Crippen LogP contribution in [0.4, 0.5) is 11.4 Å². The lowest BCUT2D eigenvalue weighted by Gasteiger charge is -2.28. The lowest BCUT2D eigenvalue weighted by atomic mass is 10.2. The number of thiazole rings is 1. The molecular weight excluding hydrogens is 366 g/mol. The molecule has 1 amide bonds. The summed E-state index contributed by atoms with van der Waals surface area (Å²) in [4.78, 5) is 31.4. The van der Waals surface area contributed by atoms with Gasteiger partial charge in [0.25, 0.3) is 5.91 Å². The number of rotatable bonds is 5. The highest BCUT2D eigenvalue weighted by molar-refractivity contribution is 7.13. The zero-order valence-electron chi connectivity index (χ0n) is 15.7. The highest BCUT2D eigenvalue weighted by atomic mass is 32.1. The molecule has 2 aromatic rings. The first-order valence-electron chi connectivity index (χ1n) is 8.82. The Morgan fingerprint density at radius 3 is 2.48 bits per heavy atom. The molecule has 0 bridgehead atoms. The number of nitrogens with one attached hydrogen (secondary N) is 1. The Hall–Kier alpha value is -2.45. The van der Waals surface area contributed by atoms with Gasteiger partial charge in [0, 0.05) is 24.5 Å². The van der Waals surface area contributed by atoms with Crippen LogP contribution in [0.25, 0.3) is 0 Å². The van der Waals surface area contributed by atoms with Crippen molar-refractivity contribution >= 4 is 34.6 Å². The molecule has 8 heteroatoms. The minimum atomic E-state index is -0.904. The normalized spacial score (nSPS) is 15.3. The zero-order valence-corrected chi connectivity index (χ0v) is 16.5. The van der Waals surface area contributed by atoms with E-state index in [4.69, 9.17) is 9.47 Å². The molecule has 0 aliphatic carbocycles. The number of amides is 1. The molecular formula is C19H23N3O4S. The molecule has 1 aliphatic rings. The van der Waals surface area contributed by atoms with Gasteiger partial charge in [-0.05, 0) is 45.0 Å². The number of anilines is 2. The Balaban J connectivity index is 1.56. The predicted molar refractivity (Wildman–Crippen MR) is 105 cm³/mol. The number of nitrogens with zero attached hydrogens (tertiary/aromatic N) is 2. The van der Waals surface area contributed by atoms with Crippen LogP contribution >= 0.6 is 11.3 Å². The van der Waals surface area contributed by atoms with Crippen molar-refractivity contribution in [2.24, 2.45) is 0 Å². The molecule has 27 heavy (non-hydrogen) atoms. The van der Waals surface area contributed by atoms with Gasteiger partial charge in [-0.2, -0.15) is 0 Å². The Morgan fingerprint density at radius 1 is 1.22 bits per heavy atom. The fourth-order valence-electron chi connectivity index (χ4n) is 2.81. The van der Waals surface area contributed by atoms with Gasteiger partial charge in [0.2, 0.25) is 0 Å². The van der Waals surface area contributed by atoms with E-state index in [1.54, 1.807) is 13.8 Å². The molecule has 0 radical (unpaired) electrons. The number of ether oxygens (including phenoxy) is 2. The van der Waals surface area contributed by atoms with E-state index in [-0.39, 0.29) is 5.91 Å². The zero-order chi connectivity index (χ0) is 19.4. The first kappa shape index (κ1) is 19.3. The van der Waals surface area contributed by atoms with Crippen LogP contribution in [0.2, 0.25) is 0 Å². The topological polar surface area (TPSA) is 80.8 Å². The molecule has 1 atom stereocenters. The Kier molecular flexibility index (Phi) is 6.08. The molecule has 0 saturated carbocycles. The molecule has 1 aromatic heterocycles. The second-order valence-corrected chi connectivity index (χ2v) is 7.53. The third-order valence-electron chi connectivity index (χ3n) is 4.25. The van der Waals surface area contributed by atoms with E-state index in [9.17, 15) is 9.59 Å². The molecule has 144 valence electrons. The SMILES string of the molecule is Cc1nc(C)c(C(=O)O[C@@H](C)C(=O)Nc2ccc(N3CCOCC3)cc2)s1. The van der Waals surface area contributed by atoms with Gasteiger partial charge < -0.3 is 19.7 Å². The molecule has 2 heterocycles. The number of esters is 1. The monoisotopic (exact) mass is 389 g/mol. The van der Waals surface area contributed by atoms with E-state index in [2.05, 4.69) is 15.2 Å². The average molecular weight is 389 g/mol. The summed E-state index contributed by atoms with van der Waals surface area (Å²) >= 11 is 1.26.